The Labute approximate surface area is 140 Å². The Balaban J connectivity index is 2.92. The average Bonchev–Trinajstić information content (AvgIpc) is 2.47. The Morgan fingerprint density at radius 1 is 1.18 bits per heavy atom. The van der Waals surface area contributed by atoms with E-state index >= 15 is 0 Å². The molecule has 1 aromatic carbocycles. The van der Waals surface area contributed by atoms with Gasteiger partial charge in [0.2, 0.25) is 0 Å². The number of nitriles is 1. The molecule has 0 aliphatic heterocycles. The lowest BCUT2D eigenvalue weighted by atomic mass is 9.91. The molecule has 0 bridgehead atoms. The summed E-state index contributed by atoms with van der Waals surface area (Å²) in [5, 5.41) is 10.5. The predicted molar refractivity (Wildman–Crippen MR) is 92.2 cm³/mol. The van der Waals surface area contributed by atoms with Crippen LogP contribution in [0.25, 0.3) is 11.1 Å². The molecule has 0 radical (unpaired) electrons. The summed E-state index contributed by atoms with van der Waals surface area (Å²) < 4.78 is 0. The van der Waals surface area contributed by atoms with Crippen molar-refractivity contribution in [1.82, 2.24) is 4.98 Å². The fourth-order valence-corrected chi connectivity index (χ4v) is 3.23. The van der Waals surface area contributed by atoms with Crippen LogP contribution in [0, 0.1) is 11.3 Å². The van der Waals surface area contributed by atoms with E-state index in [0.29, 0.717) is 21.2 Å². The Morgan fingerprint density at radius 2 is 1.82 bits per heavy atom. The van der Waals surface area contributed by atoms with E-state index in [1.165, 1.54) is 0 Å². The molecule has 0 saturated heterocycles. The molecular formula is C17H17Cl2N3. The van der Waals surface area contributed by atoms with Gasteiger partial charge in [-0.15, -0.1) is 0 Å². The van der Waals surface area contributed by atoms with Gasteiger partial charge < -0.3 is 5.73 Å². The topological polar surface area (TPSA) is 62.7 Å². The van der Waals surface area contributed by atoms with Gasteiger partial charge >= 0.3 is 0 Å². The maximum Gasteiger partial charge on any atom is 0.142 e. The van der Waals surface area contributed by atoms with Crippen molar-refractivity contribution >= 4 is 29.0 Å². The summed E-state index contributed by atoms with van der Waals surface area (Å²) in [5.74, 6) is 0.231. The van der Waals surface area contributed by atoms with E-state index in [2.05, 4.69) is 18.0 Å². The van der Waals surface area contributed by atoms with Gasteiger partial charge in [-0.1, -0.05) is 49.5 Å². The molecule has 1 heterocycles. The van der Waals surface area contributed by atoms with Crippen molar-refractivity contribution in [2.45, 2.75) is 33.1 Å². The van der Waals surface area contributed by atoms with Gasteiger partial charge in [0.05, 0.1) is 0 Å². The van der Waals surface area contributed by atoms with Crippen LogP contribution in [-0.2, 0) is 12.8 Å². The zero-order chi connectivity index (χ0) is 16.3. The number of pyridine rings is 1. The van der Waals surface area contributed by atoms with Gasteiger partial charge in [-0.2, -0.15) is 5.26 Å². The van der Waals surface area contributed by atoms with Crippen LogP contribution in [0.4, 0.5) is 5.82 Å². The molecule has 0 amide bonds. The number of aryl methyl sites for hydroxylation is 1. The zero-order valence-electron chi connectivity index (χ0n) is 12.6. The number of nitrogens with zero attached hydrogens (tertiary/aromatic N) is 2. The zero-order valence-corrected chi connectivity index (χ0v) is 14.1. The molecule has 0 unspecified atom stereocenters. The quantitative estimate of drug-likeness (QED) is 0.853. The average molecular weight is 334 g/mol. The lowest BCUT2D eigenvalue weighted by Crippen LogP contribution is -2.08. The van der Waals surface area contributed by atoms with Crippen LogP contribution in [0.5, 0.6) is 0 Å². The molecule has 1 aromatic heterocycles. The number of anilines is 1. The van der Waals surface area contributed by atoms with E-state index in [1.54, 1.807) is 18.2 Å². The number of nitrogens with two attached hydrogens (primary N) is 1. The molecular weight excluding hydrogens is 317 g/mol. The lowest BCUT2D eigenvalue weighted by Gasteiger charge is -2.18. The van der Waals surface area contributed by atoms with Crippen LogP contribution >= 0.6 is 23.2 Å². The van der Waals surface area contributed by atoms with Crippen LogP contribution in [0.3, 0.4) is 0 Å². The van der Waals surface area contributed by atoms with Gasteiger partial charge in [-0.3, -0.25) is 0 Å². The van der Waals surface area contributed by atoms with E-state index in [1.807, 2.05) is 6.92 Å². The van der Waals surface area contributed by atoms with E-state index in [-0.39, 0.29) is 5.82 Å². The number of hydrogen-bond acceptors (Lipinski definition) is 3. The molecule has 2 rings (SSSR count). The van der Waals surface area contributed by atoms with Crippen molar-refractivity contribution in [3.05, 3.63) is 45.1 Å². The summed E-state index contributed by atoms with van der Waals surface area (Å²) in [7, 11) is 0. The number of hydrogen-bond donors (Lipinski definition) is 1. The lowest BCUT2D eigenvalue weighted by molar-refractivity contribution is 0.860. The standard InChI is InChI=1S/C17H17Cl2N3/c1-3-6-14-10(4-2)15(11(9-20)17(21)22-14)16-12(18)7-5-8-13(16)19/h5,7-8H,3-4,6H2,1-2H3,(H2,21,22). The first kappa shape index (κ1) is 16.6. The summed E-state index contributed by atoms with van der Waals surface area (Å²) in [6, 6.07) is 7.46. The minimum Gasteiger partial charge on any atom is -0.383 e. The maximum atomic E-state index is 9.53. The van der Waals surface area contributed by atoms with Gasteiger partial charge in [-0.25, -0.2) is 4.98 Å². The third-order valence-corrected chi connectivity index (χ3v) is 4.21. The summed E-state index contributed by atoms with van der Waals surface area (Å²) in [4.78, 5) is 4.42. The highest BCUT2D eigenvalue weighted by Crippen LogP contribution is 2.41. The van der Waals surface area contributed by atoms with E-state index in [0.717, 1.165) is 36.1 Å². The van der Waals surface area contributed by atoms with E-state index in [4.69, 9.17) is 28.9 Å². The highest BCUT2D eigenvalue weighted by Gasteiger charge is 2.22. The fraction of sp³-hybridized carbons (Fsp3) is 0.294. The summed E-state index contributed by atoms with van der Waals surface area (Å²) >= 11 is 12.7. The fourth-order valence-electron chi connectivity index (χ4n) is 2.64. The summed E-state index contributed by atoms with van der Waals surface area (Å²) in [6.45, 7) is 4.11. The molecule has 0 fully saturated rings. The molecule has 22 heavy (non-hydrogen) atoms. The number of aromatic nitrogens is 1. The monoisotopic (exact) mass is 333 g/mol. The van der Waals surface area contributed by atoms with Crippen molar-refractivity contribution in [2.24, 2.45) is 0 Å². The maximum absolute atomic E-state index is 9.53. The molecule has 2 N–H and O–H groups in total. The number of halogens is 2. The highest BCUT2D eigenvalue weighted by molar-refractivity contribution is 6.39. The van der Waals surface area contributed by atoms with Crippen molar-refractivity contribution in [3.8, 4) is 17.2 Å². The molecule has 0 aliphatic rings. The first-order chi connectivity index (χ1) is 10.5. The third-order valence-electron chi connectivity index (χ3n) is 3.58. The smallest absolute Gasteiger partial charge is 0.142 e. The molecule has 2 aromatic rings. The number of nitrogen functional groups attached to an aromatic ring is 1. The molecule has 0 aliphatic carbocycles. The minimum absolute atomic E-state index is 0.231. The normalized spacial score (nSPS) is 10.5. The highest BCUT2D eigenvalue weighted by atomic mass is 35.5. The minimum atomic E-state index is 0.231. The van der Waals surface area contributed by atoms with Gasteiger partial charge in [0.1, 0.15) is 17.5 Å². The van der Waals surface area contributed by atoms with Crippen molar-refractivity contribution in [2.75, 3.05) is 5.73 Å². The summed E-state index contributed by atoms with van der Waals surface area (Å²) in [5.41, 5.74) is 9.62. The Kier molecular flexibility index (Phi) is 5.28. The van der Waals surface area contributed by atoms with Gasteiger partial charge in [-0.05, 0) is 30.5 Å². The largest absolute Gasteiger partial charge is 0.383 e. The molecule has 0 saturated carbocycles. The number of rotatable bonds is 4. The van der Waals surface area contributed by atoms with Crippen molar-refractivity contribution < 1.29 is 0 Å². The van der Waals surface area contributed by atoms with Crippen LogP contribution in [-0.4, -0.2) is 4.98 Å². The van der Waals surface area contributed by atoms with E-state index in [9.17, 15) is 5.26 Å². The molecule has 0 atom stereocenters. The first-order valence-corrected chi connectivity index (χ1v) is 7.96. The van der Waals surface area contributed by atoms with E-state index < -0.39 is 0 Å². The SMILES string of the molecule is CCCc1nc(N)c(C#N)c(-c2c(Cl)cccc2Cl)c1CC. The Morgan fingerprint density at radius 3 is 2.32 bits per heavy atom. The second kappa shape index (κ2) is 7.00. The number of benzene rings is 1. The van der Waals surface area contributed by atoms with Crippen molar-refractivity contribution in [1.29, 1.82) is 5.26 Å². The van der Waals surface area contributed by atoms with Crippen molar-refractivity contribution in [3.63, 3.8) is 0 Å². The second-order valence-electron chi connectivity index (χ2n) is 4.98. The Bertz CT molecular complexity index is 728. The predicted octanol–water partition coefficient (Wildman–Crippen LogP) is 5.02. The second-order valence-corrected chi connectivity index (χ2v) is 5.80. The molecule has 0 spiro atoms. The van der Waals surface area contributed by atoms with Crippen LogP contribution in [0.2, 0.25) is 10.0 Å². The molecule has 5 heteroatoms. The Hall–Kier alpha value is -1.76. The van der Waals surface area contributed by atoms with Crippen LogP contribution < -0.4 is 5.73 Å². The van der Waals surface area contributed by atoms with Crippen LogP contribution in [0.1, 0.15) is 37.1 Å². The molecule has 114 valence electrons. The first-order valence-electron chi connectivity index (χ1n) is 7.20. The van der Waals surface area contributed by atoms with Gasteiger partial charge in [0, 0.05) is 26.9 Å². The van der Waals surface area contributed by atoms with Crippen LogP contribution in [0.15, 0.2) is 18.2 Å². The molecule has 3 nitrogen and oxygen atoms in total. The third kappa shape index (κ3) is 2.90. The summed E-state index contributed by atoms with van der Waals surface area (Å²) in [6.07, 6.45) is 2.48. The van der Waals surface area contributed by atoms with Gasteiger partial charge in [0.25, 0.3) is 0 Å². The van der Waals surface area contributed by atoms with Gasteiger partial charge in [0.15, 0.2) is 0 Å².